The Labute approximate surface area is 98.9 Å². The summed E-state index contributed by atoms with van der Waals surface area (Å²) >= 11 is 0. The van der Waals surface area contributed by atoms with Crippen LogP contribution < -0.4 is 4.74 Å². The van der Waals surface area contributed by atoms with Crippen LogP contribution in [-0.2, 0) is 13.5 Å². The first-order valence-electron chi connectivity index (χ1n) is 5.53. The standard InChI is InChI=1S/C13H12N2O2/c1-15-8-14-7-11(15)12(16)10-4-2-3-9-5-6-17-13(9)10/h2-4,7-8H,5-6H2,1H3. The van der Waals surface area contributed by atoms with Crippen LogP contribution >= 0.6 is 0 Å². The monoisotopic (exact) mass is 228 g/mol. The molecule has 1 aromatic carbocycles. The minimum atomic E-state index is -0.0382. The molecule has 0 N–H and O–H groups in total. The number of para-hydroxylation sites is 1. The van der Waals surface area contributed by atoms with Gasteiger partial charge in [-0.05, 0) is 11.6 Å². The highest BCUT2D eigenvalue weighted by Gasteiger charge is 2.22. The van der Waals surface area contributed by atoms with Crippen molar-refractivity contribution in [3.8, 4) is 5.75 Å². The number of hydrogen-bond acceptors (Lipinski definition) is 3. The third-order valence-corrected chi connectivity index (χ3v) is 3.01. The number of ketones is 1. The Morgan fingerprint density at radius 3 is 3.12 bits per heavy atom. The van der Waals surface area contributed by atoms with Crippen molar-refractivity contribution in [1.82, 2.24) is 9.55 Å². The molecule has 86 valence electrons. The molecule has 3 rings (SSSR count). The lowest BCUT2D eigenvalue weighted by molar-refractivity contribution is 0.102. The number of carbonyl (C=O) groups is 1. The summed E-state index contributed by atoms with van der Waals surface area (Å²) in [7, 11) is 1.81. The average molecular weight is 228 g/mol. The Bertz CT molecular complexity index is 587. The quantitative estimate of drug-likeness (QED) is 0.733. The molecule has 1 aromatic heterocycles. The highest BCUT2D eigenvalue weighted by atomic mass is 16.5. The Hall–Kier alpha value is -2.10. The Kier molecular flexibility index (Phi) is 2.21. The molecule has 0 saturated carbocycles. The summed E-state index contributed by atoms with van der Waals surface area (Å²) in [5.74, 6) is 0.697. The van der Waals surface area contributed by atoms with Crippen molar-refractivity contribution in [3.63, 3.8) is 0 Å². The molecule has 0 amide bonds. The van der Waals surface area contributed by atoms with E-state index in [-0.39, 0.29) is 5.78 Å². The molecule has 0 bridgehead atoms. The van der Waals surface area contributed by atoms with Gasteiger partial charge in [0, 0.05) is 13.5 Å². The molecule has 0 fully saturated rings. The molecule has 4 heteroatoms. The summed E-state index contributed by atoms with van der Waals surface area (Å²) < 4.78 is 7.26. The fourth-order valence-corrected chi connectivity index (χ4v) is 2.11. The molecule has 0 spiro atoms. The van der Waals surface area contributed by atoms with E-state index >= 15 is 0 Å². The van der Waals surface area contributed by atoms with Crippen molar-refractivity contribution in [2.75, 3.05) is 6.61 Å². The predicted octanol–water partition coefficient (Wildman–Crippen LogP) is 1.59. The van der Waals surface area contributed by atoms with E-state index in [1.807, 2.05) is 19.2 Å². The number of fused-ring (bicyclic) bond motifs is 1. The van der Waals surface area contributed by atoms with Gasteiger partial charge in [0.25, 0.3) is 0 Å². The Morgan fingerprint density at radius 2 is 2.35 bits per heavy atom. The van der Waals surface area contributed by atoms with Gasteiger partial charge in [0.2, 0.25) is 5.78 Å². The predicted molar refractivity (Wildman–Crippen MR) is 62.3 cm³/mol. The van der Waals surface area contributed by atoms with E-state index in [0.29, 0.717) is 17.9 Å². The van der Waals surface area contributed by atoms with Gasteiger partial charge in [-0.3, -0.25) is 4.79 Å². The molecule has 0 unspecified atom stereocenters. The maximum atomic E-state index is 12.3. The number of rotatable bonds is 2. The number of hydrogen-bond donors (Lipinski definition) is 0. The molecule has 17 heavy (non-hydrogen) atoms. The molecule has 2 heterocycles. The van der Waals surface area contributed by atoms with E-state index in [1.165, 1.54) is 0 Å². The summed E-state index contributed by atoms with van der Waals surface area (Å²) in [5, 5.41) is 0. The summed E-state index contributed by atoms with van der Waals surface area (Å²) in [6, 6.07) is 5.71. The van der Waals surface area contributed by atoms with Crippen molar-refractivity contribution >= 4 is 5.78 Å². The summed E-state index contributed by atoms with van der Waals surface area (Å²) in [4.78, 5) is 16.3. The maximum absolute atomic E-state index is 12.3. The van der Waals surface area contributed by atoms with E-state index in [1.54, 1.807) is 23.2 Å². The second kappa shape index (κ2) is 3.73. The fourth-order valence-electron chi connectivity index (χ4n) is 2.11. The molecular weight excluding hydrogens is 216 g/mol. The molecule has 0 radical (unpaired) electrons. The average Bonchev–Trinajstić information content (AvgIpc) is 2.95. The molecule has 2 aromatic rings. The summed E-state index contributed by atoms with van der Waals surface area (Å²) in [5.41, 5.74) is 2.32. The van der Waals surface area contributed by atoms with Gasteiger partial charge in [-0.1, -0.05) is 12.1 Å². The van der Waals surface area contributed by atoms with Crippen LogP contribution in [0.2, 0.25) is 0 Å². The highest BCUT2D eigenvalue weighted by molar-refractivity contribution is 6.09. The SMILES string of the molecule is Cn1cncc1C(=O)c1cccc2c1OCC2. The largest absolute Gasteiger partial charge is 0.492 e. The van der Waals surface area contributed by atoms with Crippen LogP contribution in [0.1, 0.15) is 21.6 Å². The van der Waals surface area contributed by atoms with E-state index < -0.39 is 0 Å². The van der Waals surface area contributed by atoms with Gasteiger partial charge in [0.15, 0.2) is 0 Å². The number of ether oxygens (including phenoxy) is 1. The van der Waals surface area contributed by atoms with Crippen LogP contribution in [0.5, 0.6) is 5.75 Å². The lowest BCUT2D eigenvalue weighted by atomic mass is 10.0. The molecule has 0 saturated heterocycles. The first-order valence-corrected chi connectivity index (χ1v) is 5.53. The van der Waals surface area contributed by atoms with E-state index in [9.17, 15) is 4.79 Å². The van der Waals surface area contributed by atoms with E-state index in [4.69, 9.17) is 4.74 Å². The summed E-state index contributed by atoms with van der Waals surface area (Å²) in [6.07, 6.45) is 4.08. The molecule has 0 atom stereocenters. The van der Waals surface area contributed by atoms with Crippen LogP contribution in [0.25, 0.3) is 0 Å². The van der Waals surface area contributed by atoms with Crippen molar-refractivity contribution in [1.29, 1.82) is 0 Å². The highest BCUT2D eigenvalue weighted by Crippen LogP contribution is 2.30. The zero-order valence-electron chi connectivity index (χ0n) is 9.51. The molecule has 1 aliphatic heterocycles. The number of imidazole rings is 1. The lowest BCUT2D eigenvalue weighted by Crippen LogP contribution is -2.08. The number of carbonyl (C=O) groups excluding carboxylic acids is 1. The zero-order valence-corrected chi connectivity index (χ0v) is 9.51. The maximum Gasteiger partial charge on any atom is 0.214 e. The minimum absolute atomic E-state index is 0.0382. The third kappa shape index (κ3) is 1.53. The second-order valence-corrected chi connectivity index (χ2v) is 4.11. The second-order valence-electron chi connectivity index (χ2n) is 4.11. The van der Waals surface area contributed by atoms with Crippen LogP contribution in [0.4, 0.5) is 0 Å². The Morgan fingerprint density at radius 1 is 1.47 bits per heavy atom. The molecule has 1 aliphatic rings. The van der Waals surface area contributed by atoms with Gasteiger partial charge in [0.05, 0.1) is 24.7 Å². The molecule has 0 aliphatic carbocycles. The zero-order chi connectivity index (χ0) is 11.8. The number of aryl methyl sites for hydroxylation is 1. The van der Waals surface area contributed by atoms with Crippen LogP contribution in [0, 0.1) is 0 Å². The number of nitrogens with zero attached hydrogens (tertiary/aromatic N) is 2. The van der Waals surface area contributed by atoms with Gasteiger partial charge < -0.3 is 9.30 Å². The first-order chi connectivity index (χ1) is 8.27. The lowest BCUT2D eigenvalue weighted by Gasteiger charge is -2.07. The topological polar surface area (TPSA) is 44.1 Å². The fraction of sp³-hybridized carbons (Fsp3) is 0.231. The normalized spacial score (nSPS) is 13.2. The van der Waals surface area contributed by atoms with Crippen LogP contribution in [0.3, 0.4) is 0 Å². The minimum Gasteiger partial charge on any atom is -0.492 e. The smallest absolute Gasteiger partial charge is 0.214 e. The van der Waals surface area contributed by atoms with Gasteiger partial charge in [-0.25, -0.2) is 4.98 Å². The van der Waals surface area contributed by atoms with Crippen molar-refractivity contribution < 1.29 is 9.53 Å². The molecule has 4 nitrogen and oxygen atoms in total. The van der Waals surface area contributed by atoms with Gasteiger partial charge in [-0.15, -0.1) is 0 Å². The van der Waals surface area contributed by atoms with Gasteiger partial charge in [-0.2, -0.15) is 0 Å². The van der Waals surface area contributed by atoms with Crippen LogP contribution in [-0.4, -0.2) is 21.9 Å². The van der Waals surface area contributed by atoms with Gasteiger partial charge in [0.1, 0.15) is 11.4 Å². The van der Waals surface area contributed by atoms with Gasteiger partial charge >= 0.3 is 0 Å². The Balaban J connectivity index is 2.09. The first kappa shape index (κ1) is 10.1. The summed E-state index contributed by atoms with van der Waals surface area (Å²) in [6.45, 7) is 0.658. The third-order valence-electron chi connectivity index (χ3n) is 3.01. The number of aromatic nitrogens is 2. The van der Waals surface area contributed by atoms with E-state index in [2.05, 4.69) is 4.98 Å². The number of benzene rings is 1. The van der Waals surface area contributed by atoms with Crippen LogP contribution in [0.15, 0.2) is 30.7 Å². The van der Waals surface area contributed by atoms with Crippen molar-refractivity contribution in [2.45, 2.75) is 6.42 Å². The van der Waals surface area contributed by atoms with Crippen molar-refractivity contribution in [2.24, 2.45) is 7.05 Å². The van der Waals surface area contributed by atoms with Crippen molar-refractivity contribution in [3.05, 3.63) is 47.5 Å². The molecular formula is C13H12N2O2. The van der Waals surface area contributed by atoms with E-state index in [0.717, 1.165) is 17.7 Å².